The molecule has 0 bridgehead atoms. The molecule has 1 N–H and O–H groups in total. The van der Waals surface area contributed by atoms with Gasteiger partial charge in [-0.3, -0.25) is 9.58 Å². The Labute approximate surface area is 115 Å². The molecule has 1 aromatic heterocycles. The molecule has 0 saturated heterocycles. The van der Waals surface area contributed by atoms with Crippen LogP contribution in [0.3, 0.4) is 0 Å². The number of hydrogen-bond acceptors (Lipinski definition) is 4. The zero-order chi connectivity index (χ0) is 13.7. The third-order valence-corrected chi connectivity index (χ3v) is 3.68. The van der Waals surface area contributed by atoms with Crippen molar-refractivity contribution in [3.8, 4) is 0 Å². The summed E-state index contributed by atoms with van der Waals surface area (Å²) in [6.07, 6.45) is 6.80. The number of methoxy groups -OCH3 is 1. The second-order valence-electron chi connectivity index (χ2n) is 5.53. The summed E-state index contributed by atoms with van der Waals surface area (Å²) in [4.78, 5) is 2.07. The summed E-state index contributed by atoms with van der Waals surface area (Å²) in [6, 6.07) is 2.68. The summed E-state index contributed by atoms with van der Waals surface area (Å²) in [6.45, 7) is 1.74. The molecule has 5 heteroatoms. The number of nitrogens with zero attached hydrogens (tertiary/aromatic N) is 3. The van der Waals surface area contributed by atoms with Gasteiger partial charge in [0.2, 0.25) is 0 Å². The Kier molecular flexibility index (Phi) is 5.36. The lowest BCUT2D eigenvalue weighted by Gasteiger charge is -2.19. The van der Waals surface area contributed by atoms with Crippen molar-refractivity contribution in [2.24, 2.45) is 0 Å². The maximum absolute atomic E-state index is 9.68. The molecule has 1 unspecified atom stereocenters. The van der Waals surface area contributed by atoms with Gasteiger partial charge in [-0.05, 0) is 26.0 Å². The van der Waals surface area contributed by atoms with Crippen molar-refractivity contribution in [1.29, 1.82) is 0 Å². The molecular weight excluding hydrogens is 242 g/mol. The van der Waals surface area contributed by atoms with E-state index >= 15 is 0 Å². The SMILES string of the molecule is COCC(O)CN(C)Cc1ccn(C2CCCC2)n1. The van der Waals surface area contributed by atoms with Gasteiger partial charge in [-0.15, -0.1) is 0 Å². The molecule has 0 aliphatic heterocycles. The fourth-order valence-corrected chi connectivity index (χ4v) is 2.78. The predicted octanol–water partition coefficient (Wildman–Crippen LogP) is 1.44. The first-order chi connectivity index (χ1) is 9.19. The second kappa shape index (κ2) is 7.03. The standard InChI is InChI=1S/C14H25N3O2/c1-16(10-14(18)11-19-2)9-12-7-8-17(15-12)13-5-3-4-6-13/h7-8,13-14,18H,3-6,9-11H2,1-2H3. The van der Waals surface area contributed by atoms with E-state index in [2.05, 4.69) is 26.9 Å². The molecule has 1 atom stereocenters. The van der Waals surface area contributed by atoms with Crippen LogP contribution in [0.25, 0.3) is 0 Å². The van der Waals surface area contributed by atoms with Gasteiger partial charge in [0.1, 0.15) is 0 Å². The Morgan fingerprint density at radius 2 is 2.26 bits per heavy atom. The van der Waals surface area contributed by atoms with Gasteiger partial charge < -0.3 is 9.84 Å². The first-order valence-corrected chi connectivity index (χ1v) is 7.08. The number of likely N-dealkylation sites (N-methyl/N-ethyl adjacent to an activating group) is 1. The van der Waals surface area contributed by atoms with E-state index < -0.39 is 6.10 Å². The van der Waals surface area contributed by atoms with E-state index in [1.54, 1.807) is 7.11 Å². The smallest absolute Gasteiger partial charge is 0.0900 e. The van der Waals surface area contributed by atoms with Crippen molar-refractivity contribution in [3.05, 3.63) is 18.0 Å². The Morgan fingerprint density at radius 1 is 1.53 bits per heavy atom. The van der Waals surface area contributed by atoms with Crippen LogP contribution in [-0.2, 0) is 11.3 Å². The van der Waals surface area contributed by atoms with E-state index in [1.807, 2.05) is 7.05 Å². The average Bonchev–Trinajstić information content (AvgIpc) is 2.98. The summed E-state index contributed by atoms with van der Waals surface area (Å²) in [5.74, 6) is 0. The number of rotatable bonds is 7. The van der Waals surface area contributed by atoms with Crippen molar-refractivity contribution in [1.82, 2.24) is 14.7 Å². The van der Waals surface area contributed by atoms with Gasteiger partial charge in [0.15, 0.2) is 0 Å². The minimum atomic E-state index is -0.438. The van der Waals surface area contributed by atoms with E-state index in [0.717, 1.165) is 12.2 Å². The zero-order valence-corrected chi connectivity index (χ0v) is 12.0. The molecule has 108 valence electrons. The Hall–Kier alpha value is -0.910. The molecule has 0 aromatic carbocycles. The largest absolute Gasteiger partial charge is 0.389 e. The fraction of sp³-hybridized carbons (Fsp3) is 0.786. The van der Waals surface area contributed by atoms with E-state index in [0.29, 0.717) is 19.2 Å². The van der Waals surface area contributed by atoms with Crippen molar-refractivity contribution < 1.29 is 9.84 Å². The molecule has 1 fully saturated rings. The first kappa shape index (κ1) is 14.5. The van der Waals surface area contributed by atoms with Crippen molar-refractivity contribution >= 4 is 0 Å². The Bertz CT molecular complexity index is 375. The van der Waals surface area contributed by atoms with Gasteiger partial charge >= 0.3 is 0 Å². The van der Waals surface area contributed by atoms with Crippen molar-refractivity contribution in [3.63, 3.8) is 0 Å². The lowest BCUT2D eigenvalue weighted by atomic mass is 10.3. The highest BCUT2D eigenvalue weighted by Gasteiger charge is 2.18. The summed E-state index contributed by atoms with van der Waals surface area (Å²) in [7, 11) is 3.60. The highest BCUT2D eigenvalue weighted by atomic mass is 16.5. The van der Waals surface area contributed by atoms with Crippen LogP contribution in [0.1, 0.15) is 37.4 Å². The van der Waals surface area contributed by atoms with E-state index in [-0.39, 0.29) is 0 Å². The molecule has 1 aliphatic carbocycles. The molecule has 0 amide bonds. The molecular formula is C14H25N3O2. The molecule has 1 aromatic rings. The lowest BCUT2D eigenvalue weighted by molar-refractivity contribution is 0.0416. The highest BCUT2D eigenvalue weighted by molar-refractivity contribution is 5.00. The summed E-state index contributed by atoms with van der Waals surface area (Å²) >= 11 is 0. The van der Waals surface area contributed by atoms with Crippen LogP contribution in [0.15, 0.2) is 12.3 Å². The molecule has 5 nitrogen and oxygen atoms in total. The van der Waals surface area contributed by atoms with Gasteiger partial charge in [0.05, 0.1) is 24.4 Å². The van der Waals surface area contributed by atoms with Crippen LogP contribution in [0.4, 0.5) is 0 Å². The normalized spacial score (nSPS) is 18.3. The molecule has 0 radical (unpaired) electrons. The van der Waals surface area contributed by atoms with E-state index in [1.165, 1.54) is 25.7 Å². The van der Waals surface area contributed by atoms with Crippen LogP contribution in [-0.4, -0.2) is 53.2 Å². The third kappa shape index (κ3) is 4.30. The highest BCUT2D eigenvalue weighted by Crippen LogP contribution is 2.28. The number of aliphatic hydroxyl groups excluding tert-OH is 1. The number of aliphatic hydroxyl groups is 1. The topological polar surface area (TPSA) is 50.5 Å². The maximum Gasteiger partial charge on any atom is 0.0900 e. The van der Waals surface area contributed by atoms with Gasteiger partial charge in [-0.25, -0.2) is 0 Å². The monoisotopic (exact) mass is 267 g/mol. The molecule has 19 heavy (non-hydrogen) atoms. The third-order valence-electron chi connectivity index (χ3n) is 3.68. The minimum absolute atomic E-state index is 0.376. The van der Waals surface area contributed by atoms with Crippen molar-refractivity contribution in [2.45, 2.75) is 44.4 Å². The quantitative estimate of drug-likeness (QED) is 0.812. The fourth-order valence-electron chi connectivity index (χ4n) is 2.78. The maximum atomic E-state index is 9.68. The first-order valence-electron chi connectivity index (χ1n) is 7.08. The van der Waals surface area contributed by atoms with Crippen molar-refractivity contribution in [2.75, 3.05) is 27.3 Å². The van der Waals surface area contributed by atoms with Gasteiger partial charge in [-0.1, -0.05) is 12.8 Å². The van der Waals surface area contributed by atoms with Crippen LogP contribution < -0.4 is 0 Å². The van der Waals surface area contributed by atoms with Gasteiger partial charge in [0.25, 0.3) is 0 Å². The van der Waals surface area contributed by atoms with Crippen LogP contribution in [0.5, 0.6) is 0 Å². The summed E-state index contributed by atoms with van der Waals surface area (Å²) in [5.41, 5.74) is 1.07. The van der Waals surface area contributed by atoms with Gasteiger partial charge in [-0.2, -0.15) is 5.10 Å². The number of aromatic nitrogens is 2. The lowest BCUT2D eigenvalue weighted by Crippen LogP contribution is -2.31. The summed E-state index contributed by atoms with van der Waals surface area (Å²) < 4.78 is 7.04. The minimum Gasteiger partial charge on any atom is -0.389 e. The second-order valence-corrected chi connectivity index (χ2v) is 5.53. The average molecular weight is 267 g/mol. The van der Waals surface area contributed by atoms with Crippen LogP contribution in [0, 0.1) is 0 Å². The number of hydrogen-bond donors (Lipinski definition) is 1. The molecule has 0 spiro atoms. The molecule has 1 saturated carbocycles. The zero-order valence-electron chi connectivity index (χ0n) is 12.0. The van der Waals surface area contributed by atoms with Crippen LogP contribution >= 0.6 is 0 Å². The molecule has 1 aliphatic rings. The molecule has 2 rings (SSSR count). The summed E-state index contributed by atoms with van der Waals surface area (Å²) in [5, 5.41) is 14.3. The number of ether oxygens (including phenoxy) is 1. The van der Waals surface area contributed by atoms with Crippen LogP contribution in [0.2, 0.25) is 0 Å². The van der Waals surface area contributed by atoms with Gasteiger partial charge in [0, 0.05) is 26.4 Å². The Balaban J connectivity index is 1.81. The predicted molar refractivity (Wildman–Crippen MR) is 73.9 cm³/mol. The van der Waals surface area contributed by atoms with E-state index in [4.69, 9.17) is 4.74 Å². The molecule has 1 heterocycles. The Morgan fingerprint density at radius 3 is 2.95 bits per heavy atom. The van der Waals surface area contributed by atoms with E-state index in [9.17, 15) is 5.11 Å².